The number of benzene rings is 1. The molecule has 1 saturated carbocycles. The maximum atomic E-state index is 6.06. The normalized spacial score (nSPS) is 33.2. The number of hydrogen-bond donors (Lipinski definition) is 1. The summed E-state index contributed by atoms with van der Waals surface area (Å²) in [4.78, 5) is 0. The zero-order chi connectivity index (χ0) is 11.8. The van der Waals surface area contributed by atoms with Gasteiger partial charge >= 0.3 is 0 Å². The fraction of sp³-hybridized carbons (Fsp3) is 0.571. The maximum Gasteiger partial charge on any atom is 0.120 e. The van der Waals surface area contributed by atoms with Gasteiger partial charge in [-0.3, -0.25) is 0 Å². The lowest BCUT2D eigenvalue weighted by molar-refractivity contribution is -0.0560. The summed E-state index contributed by atoms with van der Waals surface area (Å²) in [6.45, 7) is 6.49. The number of rotatable bonds is 3. The van der Waals surface area contributed by atoms with Crippen LogP contribution in [0.3, 0.4) is 0 Å². The molecule has 0 aliphatic heterocycles. The Balaban J connectivity index is 2.06. The first-order valence-electron chi connectivity index (χ1n) is 6.05. The third kappa shape index (κ3) is 1.82. The van der Waals surface area contributed by atoms with Crippen LogP contribution in [0.4, 0.5) is 0 Å². The van der Waals surface area contributed by atoms with Crippen molar-refractivity contribution < 1.29 is 4.74 Å². The Kier molecular flexibility index (Phi) is 2.94. The average Bonchev–Trinajstić information content (AvgIpc) is 2.27. The molecular weight excluding hydrogens is 198 g/mol. The molecule has 1 aliphatic carbocycles. The van der Waals surface area contributed by atoms with Crippen LogP contribution in [0, 0.1) is 12.3 Å². The van der Waals surface area contributed by atoms with Crippen LogP contribution < -0.4 is 10.5 Å². The largest absolute Gasteiger partial charge is 0.490 e. The lowest BCUT2D eigenvalue weighted by Crippen LogP contribution is -2.61. The first kappa shape index (κ1) is 11.5. The van der Waals surface area contributed by atoms with Crippen molar-refractivity contribution in [3.8, 4) is 5.75 Å². The molecule has 0 spiro atoms. The van der Waals surface area contributed by atoms with Crippen LogP contribution in [0.2, 0.25) is 0 Å². The molecule has 0 aromatic heterocycles. The molecule has 2 heteroatoms. The summed E-state index contributed by atoms with van der Waals surface area (Å²) in [6, 6.07) is 8.50. The number of nitrogens with two attached hydrogens (primary N) is 1. The lowest BCUT2D eigenvalue weighted by atomic mass is 9.62. The summed E-state index contributed by atoms with van der Waals surface area (Å²) in [5, 5.41) is 0. The van der Waals surface area contributed by atoms with Crippen molar-refractivity contribution in [2.45, 2.75) is 45.8 Å². The second-order valence-electron chi connectivity index (χ2n) is 5.12. The summed E-state index contributed by atoms with van der Waals surface area (Å²) >= 11 is 0. The third-order valence-electron chi connectivity index (χ3n) is 4.08. The van der Waals surface area contributed by atoms with Gasteiger partial charge < -0.3 is 10.5 Å². The van der Waals surface area contributed by atoms with E-state index >= 15 is 0 Å². The van der Waals surface area contributed by atoms with Crippen LogP contribution in [-0.2, 0) is 0 Å². The zero-order valence-electron chi connectivity index (χ0n) is 10.4. The van der Waals surface area contributed by atoms with Crippen LogP contribution in [0.25, 0.3) is 0 Å². The second kappa shape index (κ2) is 4.10. The Morgan fingerprint density at radius 1 is 1.50 bits per heavy atom. The minimum atomic E-state index is 0.143. The molecule has 2 rings (SSSR count). The molecular formula is C14H21NO. The summed E-state index contributed by atoms with van der Waals surface area (Å²) in [6.07, 6.45) is 2.32. The molecule has 3 unspecified atom stereocenters. The molecule has 88 valence electrons. The lowest BCUT2D eigenvalue weighted by Gasteiger charge is -2.51. The monoisotopic (exact) mass is 219 g/mol. The van der Waals surface area contributed by atoms with Gasteiger partial charge in [0.15, 0.2) is 0 Å². The van der Waals surface area contributed by atoms with Crippen LogP contribution in [0.5, 0.6) is 5.75 Å². The Morgan fingerprint density at radius 2 is 2.25 bits per heavy atom. The highest BCUT2D eigenvalue weighted by molar-refractivity contribution is 5.28. The second-order valence-corrected chi connectivity index (χ2v) is 5.12. The fourth-order valence-corrected chi connectivity index (χ4v) is 2.37. The predicted molar refractivity (Wildman–Crippen MR) is 66.6 cm³/mol. The van der Waals surface area contributed by atoms with Crippen molar-refractivity contribution in [1.82, 2.24) is 0 Å². The number of hydrogen-bond acceptors (Lipinski definition) is 2. The molecule has 0 saturated heterocycles. The molecule has 3 atom stereocenters. The van der Waals surface area contributed by atoms with Crippen LogP contribution in [0.15, 0.2) is 24.3 Å². The van der Waals surface area contributed by atoms with Crippen molar-refractivity contribution in [3.05, 3.63) is 29.8 Å². The standard InChI is InChI=1S/C14H21NO/c1-4-14(3)12(15)9-13(14)16-11-7-5-6-10(2)8-11/h5-8,12-13H,4,9,15H2,1-3H3. The van der Waals surface area contributed by atoms with Crippen molar-refractivity contribution >= 4 is 0 Å². The van der Waals surface area contributed by atoms with E-state index in [1.807, 2.05) is 12.1 Å². The highest BCUT2D eigenvalue weighted by Gasteiger charge is 2.50. The zero-order valence-corrected chi connectivity index (χ0v) is 10.4. The molecule has 2 nitrogen and oxygen atoms in total. The van der Waals surface area contributed by atoms with E-state index in [0.29, 0.717) is 0 Å². The van der Waals surface area contributed by atoms with E-state index in [0.717, 1.165) is 18.6 Å². The van der Waals surface area contributed by atoms with Crippen LogP contribution in [0.1, 0.15) is 32.3 Å². The SMILES string of the molecule is CCC1(C)C(N)CC1Oc1cccc(C)c1. The minimum Gasteiger partial charge on any atom is -0.490 e. The summed E-state index contributed by atoms with van der Waals surface area (Å²) in [7, 11) is 0. The molecule has 1 fully saturated rings. The van der Waals surface area contributed by atoms with Gasteiger partial charge in [0.25, 0.3) is 0 Å². The van der Waals surface area contributed by atoms with Gasteiger partial charge in [0, 0.05) is 17.9 Å². The van der Waals surface area contributed by atoms with Gasteiger partial charge in [-0.05, 0) is 31.0 Å². The van der Waals surface area contributed by atoms with E-state index < -0.39 is 0 Å². The molecule has 0 bridgehead atoms. The summed E-state index contributed by atoms with van der Waals surface area (Å²) in [5.41, 5.74) is 7.44. The maximum absolute atomic E-state index is 6.06. The van der Waals surface area contributed by atoms with E-state index in [4.69, 9.17) is 10.5 Å². The van der Waals surface area contributed by atoms with E-state index in [1.54, 1.807) is 0 Å². The highest BCUT2D eigenvalue weighted by Crippen LogP contribution is 2.44. The van der Waals surface area contributed by atoms with Gasteiger partial charge in [0.05, 0.1) is 0 Å². The van der Waals surface area contributed by atoms with Gasteiger partial charge in [-0.2, -0.15) is 0 Å². The average molecular weight is 219 g/mol. The topological polar surface area (TPSA) is 35.2 Å². The molecule has 16 heavy (non-hydrogen) atoms. The molecule has 0 heterocycles. The van der Waals surface area contributed by atoms with Crippen molar-refractivity contribution in [2.75, 3.05) is 0 Å². The number of aryl methyl sites for hydroxylation is 1. The van der Waals surface area contributed by atoms with E-state index in [1.165, 1.54) is 5.56 Å². The van der Waals surface area contributed by atoms with E-state index in [2.05, 4.69) is 32.9 Å². The smallest absolute Gasteiger partial charge is 0.120 e. The van der Waals surface area contributed by atoms with E-state index in [9.17, 15) is 0 Å². The number of ether oxygens (including phenoxy) is 1. The third-order valence-corrected chi connectivity index (χ3v) is 4.08. The van der Waals surface area contributed by atoms with Crippen molar-refractivity contribution in [2.24, 2.45) is 11.1 Å². The van der Waals surface area contributed by atoms with Gasteiger partial charge in [-0.25, -0.2) is 0 Å². The first-order chi connectivity index (χ1) is 7.56. The summed E-state index contributed by atoms with van der Waals surface area (Å²) < 4.78 is 6.03. The van der Waals surface area contributed by atoms with E-state index in [-0.39, 0.29) is 17.6 Å². The Bertz CT molecular complexity index is 377. The molecule has 1 aromatic carbocycles. The Morgan fingerprint density at radius 3 is 2.81 bits per heavy atom. The Hall–Kier alpha value is -1.02. The molecule has 1 aliphatic rings. The van der Waals surface area contributed by atoms with Crippen molar-refractivity contribution in [1.29, 1.82) is 0 Å². The molecule has 2 N–H and O–H groups in total. The van der Waals surface area contributed by atoms with Crippen molar-refractivity contribution in [3.63, 3.8) is 0 Å². The molecule has 1 aromatic rings. The highest BCUT2D eigenvalue weighted by atomic mass is 16.5. The quantitative estimate of drug-likeness (QED) is 0.848. The fourth-order valence-electron chi connectivity index (χ4n) is 2.37. The van der Waals surface area contributed by atoms with Gasteiger partial charge in [0.1, 0.15) is 11.9 Å². The molecule has 0 radical (unpaired) electrons. The van der Waals surface area contributed by atoms with Gasteiger partial charge in [0.2, 0.25) is 0 Å². The minimum absolute atomic E-state index is 0.143. The van der Waals surface area contributed by atoms with Gasteiger partial charge in [-0.1, -0.05) is 26.0 Å². The Labute approximate surface area is 97.8 Å². The van der Waals surface area contributed by atoms with Crippen LogP contribution >= 0.6 is 0 Å². The first-order valence-corrected chi connectivity index (χ1v) is 6.05. The van der Waals surface area contributed by atoms with Gasteiger partial charge in [-0.15, -0.1) is 0 Å². The molecule has 0 amide bonds. The predicted octanol–water partition coefficient (Wildman–Crippen LogP) is 2.89. The van der Waals surface area contributed by atoms with Crippen LogP contribution in [-0.4, -0.2) is 12.1 Å². The summed E-state index contributed by atoms with van der Waals surface area (Å²) in [5.74, 6) is 0.969.